The smallest absolute Gasteiger partial charge is 0.338 e. The molecule has 3 aromatic rings. The number of halogens is 1. The van der Waals surface area contributed by atoms with Crippen molar-refractivity contribution in [2.45, 2.75) is 32.1 Å². The molecule has 1 aliphatic heterocycles. The molecule has 1 aliphatic carbocycles. The average molecular weight is 562 g/mol. The summed E-state index contributed by atoms with van der Waals surface area (Å²) in [6.07, 6.45) is 3.35. The molecule has 2 aromatic heterocycles. The van der Waals surface area contributed by atoms with Gasteiger partial charge < -0.3 is 15.2 Å². The molecule has 0 saturated carbocycles. The Kier molecular flexibility index (Phi) is 7.79. The summed E-state index contributed by atoms with van der Waals surface area (Å²) in [6.45, 7) is 3.53. The van der Waals surface area contributed by atoms with Gasteiger partial charge in [0, 0.05) is 34.5 Å². The maximum absolute atomic E-state index is 14.6. The summed E-state index contributed by atoms with van der Waals surface area (Å²) in [5, 5.41) is 1.88. The van der Waals surface area contributed by atoms with E-state index in [-0.39, 0.29) is 36.6 Å². The van der Waals surface area contributed by atoms with Crippen molar-refractivity contribution in [3.63, 3.8) is 0 Å². The molecule has 0 spiro atoms. The van der Waals surface area contributed by atoms with Crippen molar-refractivity contribution in [2.75, 3.05) is 18.1 Å². The number of carbonyl (C=O) groups is 3. The lowest BCUT2D eigenvalue weighted by molar-refractivity contribution is -0.152. The first-order valence-corrected chi connectivity index (χ1v) is 13.8. The number of ether oxygens (including phenoxy) is 2. The Balaban J connectivity index is 1.81. The summed E-state index contributed by atoms with van der Waals surface area (Å²) in [7, 11) is 0. The maximum atomic E-state index is 14.6. The lowest BCUT2D eigenvalue weighted by Gasteiger charge is -2.43. The molecular weight excluding hydrogens is 533 g/mol. The summed E-state index contributed by atoms with van der Waals surface area (Å²) < 4.78 is 25.3. The van der Waals surface area contributed by atoms with Crippen LogP contribution in [0.3, 0.4) is 0 Å². The van der Waals surface area contributed by atoms with Crippen LogP contribution in [-0.4, -0.2) is 35.9 Å². The number of pyridine rings is 1. The second kappa shape index (κ2) is 11.4. The van der Waals surface area contributed by atoms with Crippen LogP contribution in [0.4, 0.5) is 10.1 Å². The predicted octanol–water partition coefficient (Wildman–Crippen LogP) is 4.81. The van der Waals surface area contributed by atoms with Crippen molar-refractivity contribution in [2.24, 2.45) is 11.7 Å². The third kappa shape index (κ3) is 4.79. The highest BCUT2D eigenvalue weighted by atomic mass is 32.1. The number of ketones is 1. The van der Waals surface area contributed by atoms with E-state index in [1.165, 1.54) is 34.4 Å². The van der Waals surface area contributed by atoms with Crippen LogP contribution in [0.1, 0.15) is 42.5 Å². The molecule has 3 atom stereocenters. The Bertz CT molecular complexity index is 1500. The van der Waals surface area contributed by atoms with Gasteiger partial charge in [-0.1, -0.05) is 18.2 Å². The third-order valence-electron chi connectivity index (χ3n) is 7.07. The minimum absolute atomic E-state index is 0.0170. The fourth-order valence-electron chi connectivity index (χ4n) is 5.50. The molecule has 0 unspecified atom stereocenters. The predicted molar refractivity (Wildman–Crippen MR) is 148 cm³/mol. The zero-order valence-corrected chi connectivity index (χ0v) is 22.8. The van der Waals surface area contributed by atoms with E-state index in [2.05, 4.69) is 4.98 Å². The van der Waals surface area contributed by atoms with Crippen LogP contribution < -0.4 is 10.6 Å². The average Bonchev–Trinajstić information content (AvgIpc) is 3.48. The Labute approximate surface area is 234 Å². The molecule has 206 valence electrons. The molecule has 3 heterocycles. The molecule has 2 aliphatic rings. The zero-order valence-electron chi connectivity index (χ0n) is 22.0. The van der Waals surface area contributed by atoms with Crippen molar-refractivity contribution < 1.29 is 28.2 Å². The lowest BCUT2D eigenvalue weighted by atomic mass is 9.68. The minimum atomic E-state index is -1.14. The fraction of sp³-hybridized carbons (Fsp3) is 0.267. The summed E-state index contributed by atoms with van der Waals surface area (Å²) >= 11 is 1.43. The highest BCUT2D eigenvalue weighted by Crippen LogP contribution is 2.52. The minimum Gasteiger partial charge on any atom is -0.465 e. The van der Waals surface area contributed by atoms with Crippen LogP contribution in [0.5, 0.6) is 0 Å². The molecule has 0 radical (unpaired) electrons. The molecule has 0 fully saturated rings. The number of anilines is 1. The molecule has 0 saturated heterocycles. The summed E-state index contributed by atoms with van der Waals surface area (Å²) in [5.74, 6) is -4.99. The second-order valence-corrected chi connectivity index (χ2v) is 10.3. The maximum Gasteiger partial charge on any atom is 0.338 e. The Morgan fingerprint density at radius 1 is 1.12 bits per heavy atom. The molecule has 40 heavy (non-hydrogen) atoms. The molecular formula is C30H28FN3O5S. The van der Waals surface area contributed by atoms with Gasteiger partial charge in [-0.15, -0.1) is 11.3 Å². The van der Waals surface area contributed by atoms with Gasteiger partial charge in [-0.3, -0.25) is 19.5 Å². The van der Waals surface area contributed by atoms with E-state index < -0.39 is 41.3 Å². The quantitative estimate of drug-likeness (QED) is 0.323. The number of thiophene rings is 1. The van der Waals surface area contributed by atoms with Gasteiger partial charge in [-0.05, 0) is 61.5 Å². The number of hydrogen-bond donors (Lipinski definition) is 1. The first kappa shape index (κ1) is 27.3. The van der Waals surface area contributed by atoms with Gasteiger partial charge in [0.25, 0.3) is 0 Å². The molecule has 2 N–H and O–H groups in total. The Morgan fingerprint density at radius 2 is 1.93 bits per heavy atom. The first-order valence-electron chi connectivity index (χ1n) is 13.0. The number of aromatic nitrogens is 1. The van der Waals surface area contributed by atoms with E-state index in [0.717, 1.165) is 4.88 Å². The molecule has 10 heteroatoms. The van der Waals surface area contributed by atoms with Crippen LogP contribution in [0.15, 0.2) is 89.0 Å². The van der Waals surface area contributed by atoms with E-state index in [9.17, 15) is 18.8 Å². The molecule has 8 nitrogen and oxygen atoms in total. The summed E-state index contributed by atoms with van der Waals surface area (Å²) in [6, 6.07) is 12.9. The van der Waals surface area contributed by atoms with Gasteiger partial charge in [-0.25, -0.2) is 9.18 Å². The third-order valence-corrected chi connectivity index (χ3v) is 8.07. The highest BCUT2D eigenvalue weighted by molar-refractivity contribution is 7.10. The molecule has 0 bridgehead atoms. The normalized spacial score (nSPS) is 20.8. The van der Waals surface area contributed by atoms with E-state index in [0.29, 0.717) is 16.9 Å². The van der Waals surface area contributed by atoms with E-state index in [1.54, 1.807) is 44.4 Å². The first-order chi connectivity index (χ1) is 19.4. The number of nitrogens with two attached hydrogens (primary N) is 1. The number of allylic oxidation sites excluding steroid dienone is 2. The van der Waals surface area contributed by atoms with Gasteiger partial charge in [-0.2, -0.15) is 0 Å². The fourth-order valence-corrected chi connectivity index (χ4v) is 6.36. The van der Waals surface area contributed by atoms with Gasteiger partial charge >= 0.3 is 11.9 Å². The Hall–Kier alpha value is -4.31. The van der Waals surface area contributed by atoms with E-state index in [4.69, 9.17) is 15.2 Å². The monoisotopic (exact) mass is 561 g/mol. The van der Waals surface area contributed by atoms with Crippen molar-refractivity contribution in [1.29, 1.82) is 0 Å². The standard InChI is InChI=1S/C30H28FN3O5S/c1-3-38-29(36)24-20(22-11-7-13-40-22)15-21-25(27(24)35)23(17-8-6-12-33-16-17)26(30(37)39-4-2)28(32)34(21)19-10-5-9-18(31)14-19/h5-14,16,20,23-24H,3-4,15,32H2,1-2H3/t20-,23-,24-/m0/s1. The van der Waals surface area contributed by atoms with Crippen LogP contribution in [0.2, 0.25) is 0 Å². The van der Waals surface area contributed by atoms with Crippen molar-refractivity contribution in [3.8, 4) is 0 Å². The van der Waals surface area contributed by atoms with Crippen LogP contribution in [0.25, 0.3) is 0 Å². The molecule has 5 rings (SSSR count). The summed E-state index contributed by atoms with van der Waals surface area (Å²) in [5.41, 5.74) is 8.33. The second-order valence-electron chi connectivity index (χ2n) is 9.33. The number of nitrogens with zero attached hydrogens (tertiary/aromatic N) is 2. The largest absolute Gasteiger partial charge is 0.465 e. The number of benzene rings is 1. The highest BCUT2D eigenvalue weighted by Gasteiger charge is 2.51. The van der Waals surface area contributed by atoms with Crippen LogP contribution >= 0.6 is 11.3 Å². The van der Waals surface area contributed by atoms with Crippen molar-refractivity contribution >= 4 is 34.7 Å². The van der Waals surface area contributed by atoms with Crippen molar-refractivity contribution in [3.05, 3.63) is 105 Å². The topological polar surface area (TPSA) is 112 Å². The Morgan fingerprint density at radius 3 is 2.58 bits per heavy atom. The number of Topliss-reactive ketones (excluding diaryl/α,β-unsaturated/α-hetero) is 1. The summed E-state index contributed by atoms with van der Waals surface area (Å²) in [4.78, 5) is 48.0. The number of carbonyl (C=O) groups excluding carboxylic acids is 3. The molecule has 1 aromatic carbocycles. The molecule has 0 amide bonds. The number of esters is 2. The number of hydrogen-bond acceptors (Lipinski definition) is 9. The van der Waals surface area contributed by atoms with E-state index in [1.807, 2.05) is 17.5 Å². The lowest BCUT2D eigenvalue weighted by Crippen LogP contribution is -2.46. The van der Waals surface area contributed by atoms with Crippen molar-refractivity contribution in [1.82, 2.24) is 4.98 Å². The van der Waals surface area contributed by atoms with Gasteiger partial charge in [0.1, 0.15) is 17.6 Å². The van der Waals surface area contributed by atoms with Gasteiger partial charge in [0.15, 0.2) is 5.78 Å². The SMILES string of the molecule is CCOC(=O)C1=C(N)N(c2cccc(F)c2)C2=C(C(=O)[C@@H](C(=O)OCC)[C@H](c3cccs3)C2)[C@@H]1c1cccnc1. The van der Waals surface area contributed by atoms with Gasteiger partial charge in [0.05, 0.1) is 30.4 Å². The zero-order chi connectivity index (χ0) is 28.4. The van der Waals surface area contributed by atoms with Gasteiger partial charge in [0.2, 0.25) is 0 Å². The van der Waals surface area contributed by atoms with Crippen LogP contribution in [0, 0.1) is 11.7 Å². The van der Waals surface area contributed by atoms with E-state index >= 15 is 0 Å². The number of rotatable bonds is 7. The van der Waals surface area contributed by atoms with Crippen LogP contribution in [-0.2, 0) is 23.9 Å².